The SMILES string of the molecule is CCN(CC)c1ccc(CNC(=O)C(C(C)C)N2CC(C)OC(C)C2)cn1. The highest BCUT2D eigenvalue weighted by molar-refractivity contribution is 5.82. The number of hydrogen-bond donors (Lipinski definition) is 1. The molecule has 3 atom stereocenters. The van der Waals surface area contributed by atoms with Crippen LogP contribution in [0.5, 0.6) is 0 Å². The van der Waals surface area contributed by atoms with Crippen LogP contribution < -0.4 is 10.2 Å². The summed E-state index contributed by atoms with van der Waals surface area (Å²) in [5.41, 5.74) is 1.02. The highest BCUT2D eigenvalue weighted by Gasteiger charge is 2.33. The Hall–Kier alpha value is -1.66. The number of nitrogens with zero attached hydrogens (tertiary/aromatic N) is 3. The van der Waals surface area contributed by atoms with E-state index in [-0.39, 0.29) is 30.1 Å². The first kappa shape index (κ1) is 21.6. The van der Waals surface area contributed by atoms with Crippen molar-refractivity contribution in [2.75, 3.05) is 31.1 Å². The van der Waals surface area contributed by atoms with Crippen molar-refractivity contribution in [3.05, 3.63) is 23.9 Å². The van der Waals surface area contributed by atoms with Crippen LogP contribution in [-0.2, 0) is 16.1 Å². The Morgan fingerprint density at radius 2 is 1.89 bits per heavy atom. The standard InChI is InChI=1S/C21H36N4O2/c1-7-24(8-2)19-10-9-18(11-22-19)12-23-21(26)20(15(3)4)25-13-16(5)27-17(6)14-25/h9-11,15-17,20H,7-8,12-14H2,1-6H3,(H,23,26). The smallest absolute Gasteiger partial charge is 0.237 e. The van der Waals surface area contributed by atoms with E-state index in [1.165, 1.54) is 0 Å². The Bertz CT molecular complexity index is 576. The number of carbonyl (C=O) groups is 1. The molecule has 1 aromatic rings. The van der Waals surface area contributed by atoms with Gasteiger partial charge in [0.05, 0.1) is 18.2 Å². The topological polar surface area (TPSA) is 57.7 Å². The van der Waals surface area contributed by atoms with Gasteiger partial charge in [0.15, 0.2) is 0 Å². The summed E-state index contributed by atoms with van der Waals surface area (Å²) in [6.45, 7) is 16.6. The second-order valence-corrected chi connectivity index (χ2v) is 7.81. The molecule has 1 aromatic heterocycles. The van der Waals surface area contributed by atoms with Gasteiger partial charge >= 0.3 is 0 Å². The maximum absolute atomic E-state index is 12.9. The molecule has 0 spiro atoms. The lowest BCUT2D eigenvalue weighted by molar-refractivity contribution is -0.135. The number of nitrogens with one attached hydrogen (secondary N) is 1. The highest BCUT2D eigenvalue weighted by Crippen LogP contribution is 2.19. The van der Waals surface area contributed by atoms with Gasteiger partial charge in [-0.1, -0.05) is 19.9 Å². The van der Waals surface area contributed by atoms with Gasteiger partial charge in [-0.25, -0.2) is 4.98 Å². The highest BCUT2D eigenvalue weighted by atomic mass is 16.5. The predicted molar refractivity (Wildman–Crippen MR) is 110 cm³/mol. The minimum atomic E-state index is -0.137. The summed E-state index contributed by atoms with van der Waals surface area (Å²) in [7, 11) is 0. The van der Waals surface area contributed by atoms with Crippen LogP contribution in [0.15, 0.2) is 18.3 Å². The van der Waals surface area contributed by atoms with E-state index >= 15 is 0 Å². The van der Waals surface area contributed by atoms with Crippen molar-refractivity contribution in [2.24, 2.45) is 5.92 Å². The summed E-state index contributed by atoms with van der Waals surface area (Å²) in [5.74, 6) is 1.30. The molecule has 1 saturated heterocycles. The first-order valence-electron chi connectivity index (χ1n) is 10.2. The molecule has 1 aliphatic heterocycles. The van der Waals surface area contributed by atoms with Gasteiger partial charge < -0.3 is 15.0 Å². The monoisotopic (exact) mass is 376 g/mol. The van der Waals surface area contributed by atoms with Gasteiger partial charge in [-0.2, -0.15) is 0 Å². The van der Waals surface area contributed by atoms with Crippen molar-refractivity contribution in [2.45, 2.75) is 66.3 Å². The molecule has 152 valence electrons. The maximum atomic E-state index is 12.9. The van der Waals surface area contributed by atoms with Crippen LogP contribution in [-0.4, -0.2) is 60.2 Å². The molecule has 0 aliphatic carbocycles. The van der Waals surface area contributed by atoms with Crippen molar-refractivity contribution in [3.63, 3.8) is 0 Å². The molecule has 6 nitrogen and oxygen atoms in total. The third kappa shape index (κ3) is 5.91. The number of aromatic nitrogens is 1. The van der Waals surface area contributed by atoms with Gasteiger partial charge in [0.1, 0.15) is 5.82 Å². The molecule has 27 heavy (non-hydrogen) atoms. The quantitative estimate of drug-likeness (QED) is 0.756. The van der Waals surface area contributed by atoms with Crippen molar-refractivity contribution in [3.8, 4) is 0 Å². The number of hydrogen-bond acceptors (Lipinski definition) is 5. The molecule has 2 heterocycles. The first-order valence-corrected chi connectivity index (χ1v) is 10.2. The molecule has 3 unspecified atom stereocenters. The van der Waals surface area contributed by atoms with Crippen molar-refractivity contribution in [1.82, 2.24) is 15.2 Å². The zero-order chi connectivity index (χ0) is 20.0. The summed E-state index contributed by atoms with van der Waals surface area (Å²) in [4.78, 5) is 21.9. The number of carbonyl (C=O) groups excluding carboxylic acids is 1. The fraction of sp³-hybridized carbons (Fsp3) is 0.714. The summed E-state index contributed by atoms with van der Waals surface area (Å²) >= 11 is 0. The predicted octanol–water partition coefficient (Wildman–Crippen LogP) is 2.68. The van der Waals surface area contributed by atoms with Gasteiger partial charge in [0, 0.05) is 38.9 Å². The minimum Gasteiger partial charge on any atom is -0.373 e. The average Bonchev–Trinajstić information content (AvgIpc) is 2.61. The van der Waals surface area contributed by atoms with Crippen LogP contribution >= 0.6 is 0 Å². The molecule has 2 rings (SSSR count). The van der Waals surface area contributed by atoms with Crippen molar-refractivity contribution in [1.29, 1.82) is 0 Å². The van der Waals surface area contributed by atoms with Crippen LogP contribution in [0.25, 0.3) is 0 Å². The summed E-state index contributed by atoms with van der Waals surface area (Å²) in [6.07, 6.45) is 2.16. The molecule has 1 aliphatic rings. The van der Waals surface area contributed by atoms with Crippen molar-refractivity contribution < 1.29 is 9.53 Å². The number of ether oxygens (including phenoxy) is 1. The maximum Gasteiger partial charge on any atom is 0.237 e. The second kappa shape index (κ2) is 10.0. The lowest BCUT2D eigenvalue weighted by atomic mass is 9.99. The van der Waals surface area contributed by atoms with Crippen LogP contribution in [0.3, 0.4) is 0 Å². The van der Waals surface area contributed by atoms with E-state index in [4.69, 9.17) is 4.74 Å². The van der Waals surface area contributed by atoms with E-state index < -0.39 is 0 Å². The largest absolute Gasteiger partial charge is 0.373 e. The number of pyridine rings is 1. The molecule has 0 aromatic carbocycles. The fourth-order valence-electron chi connectivity index (χ4n) is 3.88. The Morgan fingerprint density at radius 3 is 2.37 bits per heavy atom. The third-order valence-corrected chi connectivity index (χ3v) is 5.10. The number of morpholine rings is 1. The Labute approximate surface area is 164 Å². The summed E-state index contributed by atoms with van der Waals surface area (Å²) < 4.78 is 5.82. The fourth-order valence-corrected chi connectivity index (χ4v) is 3.88. The zero-order valence-electron chi connectivity index (χ0n) is 17.7. The van der Waals surface area contributed by atoms with Crippen LogP contribution in [0.4, 0.5) is 5.82 Å². The van der Waals surface area contributed by atoms with E-state index in [1.54, 1.807) is 0 Å². The minimum absolute atomic E-state index is 0.0825. The van der Waals surface area contributed by atoms with Gasteiger partial charge in [-0.05, 0) is 45.2 Å². The third-order valence-electron chi connectivity index (χ3n) is 5.10. The van der Waals surface area contributed by atoms with Crippen LogP contribution in [0, 0.1) is 5.92 Å². The van der Waals surface area contributed by atoms with Crippen LogP contribution in [0.1, 0.15) is 47.1 Å². The Morgan fingerprint density at radius 1 is 1.26 bits per heavy atom. The molecular formula is C21H36N4O2. The molecule has 0 bridgehead atoms. The van der Waals surface area contributed by atoms with Crippen molar-refractivity contribution >= 4 is 11.7 Å². The van der Waals surface area contributed by atoms with Gasteiger partial charge in [0.2, 0.25) is 5.91 Å². The number of amides is 1. The van der Waals surface area contributed by atoms with E-state index in [2.05, 4.69) is 61.6 Å². The molecular weight excluding hydrogens is 340 g/mol. The van der Waals surface area contributed by atoms with E-state index in [0.29, 0.717) is 6.54 Å². The number of anilines is 1. The Kier molecular flexibility index (Phi) is 8.05. The van der Waals surface area contributed by atoms with Gasteiger partial charge in [0.25, 0.3) is 0 Å². The molecule has 6 heteroatoms. The second-order valence-electron chi connectivity index (χ2n) is 7.81. The number of rotatable bonds is 8. The molecule has 1 amide bonds. The lowest BCUT2D eigenvalue weighted by Gasteiger charge is -2.41. The molecule has 1 fully saturated rings. The Balaban J connectivity index is 1.97. The zero-order valence-corrected chi connectivity index (χ0v) is 17.7. The molecule has 0 radical (unpaired) electrons. The summed E-state index contributed by atoms with van der Waals surface area (Å²) in [6, 6.07) is 3.94. The summed E-state index contributed by atoms with van der Waals surface area (Å²) in [5, 5.41) is 3.11. The van der Waals surface area contributed by atoms with Crippen LogP contribution in [0.2, 0.25) is 0 Å². The van der Waals surface area contributed by atoms with E-state index in [0.717, 1.165) is 37.6 Å². The first-order chi connectivity index (χ1) is 12.8. The van der Waals surface area contributed by atoms with E-state index in [1.807, 2.05) is 18.3 Å². The van der Waals surface area contributed by atoms with Gasteiger partial charge in [-0.3, -0.25) is 9.69 Å². The van der Waals surface area contributed by atoms with Gasteiger partial charge in [-0.15, -0.1) is 0 Å². The van der Waals surface area contributed by atoms with E-state index in [9.17, 15) is 4.79 Å². The molecule has 0 saturated carbocycles. The normalized spacial score (nSPS) is 21.9. The lowest BCUT2D eigenvalue weighted by Crippen LogP contribution is -2.56. The molecule has 1 N–H and O–H groups in total. The average molecular weight is 377 g/mol.